The van der Waals surface area contributed by atoms with Crippen molar-refractivity contribution in [3.63, 3.8) is 0 Å². The Morgan fingerprint density at radius 1 is 1.25 bits per heavy atom. The van der Waals surface area contributed by atoms with Crippen molar-refractivity contribution in [1.82, 2.24) is 4.98 Å². The first-order valence-corrected chi connectivity index (χ1v) is 5.90. The summed E-state index contributed by atoms with van der Waals surface area (Å²) in [5.41, 5.74) is -0.339. The lowest BCUT2D eigenvalue weighted by atomic mass is 10.1. The van der Waals surface area contributed by atoms with Crippen LogP contribution in [0.1, 0.15) is 10.4 Å². The van der Waals surface area contributed by atoms with Crippen molar-refractivity contribution < 1.29 is 13.6 Å². The molecule has 1 aromatic carbocycles. The average molecular weight is 277 g/mol. The van der Waals surface area contributed by atoms with Gasteiger partial charge in [-0.1, -0.05) is 6.07 Å². The number of anilines is 2. The van der Waals surface area contributed by atoms with E-state index in [9.17, 15) is 13.6 Å². The van der Waals surface area contributed by atoms with Crippen molar-refractivity contribution in [2.45, 2.75) is 0 Å². The van der Waals surface area contributed by atoms with Crippen LogP contribution in [0.4, 0.5) is 20.3 Å². The van der Waals surface area contributed by atoms with Crippen LogP contribution in [0.5, 0.6) is 0 Å². The van der Waals surface area contributed by atoms with E-state index in [0.717, 1.165) is 12.1 Å². The summed E-state index contributed by atoms with van der Waals surface area (Å²) in [5.74, 6) is -1.77. The summed E-state index contributed by atoms with van der Waals surface area (Å²) in [7, 11) is 2.90. The van der Waals surface area contributed by atoms with E-state index in [1.165, 1.54) is 25.2 Å². The largest absolute Gasteiger partial charge is 0.383 e. The number of carbonyl (C=O) groups is 1. The number of benzene rings is 1. The van der Waals surface area contributed by atoms with E-state index >= 15 is 0 Å². The highest BCUT2D eigenvalue weighted by Gasteiger charge is 2.18. The molecule has 0 saturated carbocycles. The van der Waals surface area contributed by atoms with Crippen molar-refractivity contribution in [3.05, 3.63) is 53.7 Å². The van der Waals surface area contributed by atoms with Gasteiger partial charge in [-0.2, -0.15) is 0 Å². The first-order valence-electron chi connectivity index (χ1n) is 5.90. The highest BCUT2D eigenvalue weighted by molar-refractivity contribution is 6.05. The van der Waals surface area contributed by atoms with Crippen LogP contribution >= 0.6 is 0 Å². The fraction of sp³-hybridized carbons (Fsp3) is 0.143. The summed E-state index contributed by atoms with van der Waals surface area (Å²) in [6.07, 6.45) is 1.53. The second kappa shape index (κ2) is 5.64. The number of hydrogen-bond donors (Lipinski definition) is 1. The summed E-state index contributed by atoms with van der Waals surface area (Å²) in [4.78, 5) is 17.4. The van der Waals surface area contributed by atoms with Gasteiger partial charge in [-0.15, -0.1) is 0 Å². The third-order valence-electron chi connectivity index (χ3n) is 2.84. The van der Waals surface area contributed by atoms with Crippen LogP contribution in [0.2, 0.25) is 0 Å². The maximum absolute atomic E-state index is 13.6. The molecule has 0 bridgehead atoms. The summed E-state index contributed by atoms with van der Waals surface area (Å²) >= 11 is 0. The Labute approximate surface area is 115 Å². The van der Waals surface area contributed by atoms with Gasteiger partial charge in [-0.25, -0.2) is 13.8 Å². The summed E-state index contributed by atoms with van der Waals surface area (Å²) in [5, 5.41) is 2.40. The molecule has 104 valence electrons. The van der Waals surface area contributed by atoms with Gasteiger partial charge < -0.3 is 5.32 Å². The fourth-order valence-corrected chi connectivity index (χ4v) is 1.79. The fourth-order valence-electron chi connectivity index (χ4n) is 1.79. The van der Waals surface area contributed by atoms with Gasteiger partial charge in [0.25, 0.3) is 5.91 Å². The Balaban J connectivity index is 2.35. The van der Waals surface area contributed by atoms with Gasteiger partial charge in [-0.05, 0) is 24.3 Å². The second-order valence-electron chi connectivity index (χ2n) is 4.12. The molecule has 0 radical (unpaired) electrons. The maximum atomic E-state index is 13.6. The van der Waals surface area contributed by atoms with E-state index < -0.39 is 17.5 Å². The number of halogens is 2. The Morgan fingerprint density at radius 3 is 2.40 bits per heavy atom. The molecular formula is C14H13F2N3O. The monoisotopic (exact) mass is 277 g/mol. The Kier molecular flexibility index (Phi) is 3.93. The van der Waals surface area contributed by atoms with E-state index in [0.29, 0.717) is 5.82 Å². The third kappa shape index (κ3) is 2.59. The van der Waals surface area contributed by atoms with Crippen LogP contribution in [-0.2, 0) is 0 Å². The number of rotatable bonds is 3. The smallest absolute Gasteiger partial charge is 0.259 e. The van der Waals surface area contributed by atoms with E-state index in [1.807, 2.05) is 0 Å². The topological polar surface area (TPSA) is 45.2 Å². The normalized spacial score (nSPS) is 10.2. The van der Waals surface area contributed by atoms with Gasteiger partial charge in [0.1, 0.15) is 23.1 Å². The molecule has 2 aromatic rings. The zero-order valence-electron chi connectivity index (χ0n) is 11.0. The molecule has 0 spiro atoms. The quantitative estimate of drug-likeness (QED) is 0.938. The number of hydrogen-bond acceptors (Lipinski definition) is 3. The molecule has 1 aromatic heterocycles. The molecule has 0 atom stereocenters. The molecule has 1 heterocycles. The molecule has 1 N–H and O–H groups in total. The Bertz CT molecular complexity index is 609. The lowest BCUT2D eigenvalue weighted by Crippen LogP contribution is -2.27. The predicted octanol–water partition coefficient (Wildman–Crippen LogP) is 2.68. The number of aromatic nitrogens is 1. The molecule has 0 aliphatic heterocycles. The minimum absolute atomic E-state index is 0.0767. The zero-order valence-corrected chi connectivity index (χ0v) is 11.0. The number of nitrogens with zero attached hydrogens (tertiary/aromatic N) is 2. The van der Waals surface area contributed by atoms with Crippen molar-refractivity contribution in [3.8, 4) is 0 Å². The van der Waals surface area contributed by atoms with Crippen molar-refractivity contribution >= 4 is 17.4 Å². The zero-order chi connectivity index (χ0) is 14.7. The van der Waals surface area contributed by atoms with Crippen LogP contribution in [0, 0.1) is 11.6 Å². The van der Waals surface area contributed by atoms with Gasteiger partial charge in [0, 0.05) is 25.9 Å². The number of nitrogens with one attached hydrogen (secondary N) is 1. The standard InChI is InChI=1S/C14H13F2N3O/c1-17-13-10(15)7-9(8-11(13)16)14(20)19(2)12-5-3-4-6-18-12/h3-8,17H,1-2H3. The molecule has 2 rings (SSSR count). The molecule has 0 aliphatic rings. The molecule has 0 fully saturated rings. The van der Waals surface area contributed by atoms with Gasteiger partial charge >= 0.3 is 0 Å². The maximum Gasteiger partial charge on any atom is 0.259 e. The SMILES string of the molecule is CNc1c(F)cc(C(=O)N(C)c2ccccn2)cc1F. The molecule has 0 unspecified atom stereocenters. The predicted molar refractivity (Wildman–Crippen MR) is 72.9 cm³/mol. The highest BCUT2D eigenvalue weighted by Crippen LogP contribution is 2.21. The summed E-state index contributed by atoms with van der Waals surface area (Å²) in [6.45, 7) is 0. The number of pyridine rings is 1. The number of carbonyl (C=O) groups excluding carboxylic acids is 1. The van der Waals surface area contributed by atoms with E-state index in [2.05, 4.69) is 10.3 Å². The lowest BCUT2D eigenvalue weighted by Gasteiger charge is -2.16. The number of amides is 1. The van der Waals surface area contributed by atoms with Crippen molar-refractivity contribution in [1.29, 1.82) is 0 Å². The van der Waals surface area contributed by atoms with Gasteiger partial charge in [0.2, 0.25) is 0 Å². The summed E-state index contributed by atoms with van der Waals surface area (Å²) in [6, 6.07) is 7.06. The molecule has 1 amide bonds. The van der Waals surface area contributed by atoms with Crippen LogP contribution in [-0.4, -0.2) is 25.0 Å². The Morgan fingerprint density at radius 2 is 1.90 bits per heavy atom. The van der Waals surface area contributed by atoms with Gasteiger partial charge in [0.05, 0.1) is 0 Å². The molecule has 20 heavy (non-hydrogen) atoms. The van der Waals surface area contributed by atoms with Crippen molar-refractivity contribution in [2.24, 2.45) is 0 Å². The molecule has 0 aliphatic carbocycles. The van der Waals surface area contributed by atoms with Crippen molar-refractivity contribution in [2.75, 3.05) is 24.3 Å². The first kappa shape index (κ1) is 13.9. The molecule has 4 nitrogen and oxygen atoms in total. The Hall–Kier alpha value is -2.50. The first-order chi connectivity index (χ1) is 9.54. The van der Waals surface area contributed by atoms with E-state index in [4.69, 9.17) is 0 Å². The van der Waals surface area contributed by atoms with Crippen LogP contribution < -0.4 is 10.2 Å². The minimum atomic E-state index is -0.815. The summed E-state index contributed by atoms with van der Waals surface area (Å²) < 4.78 is 27.3. The third-order valence-corrected chi connectivity index (χ3v) is 2.84. The van der Waals surface area contributed by atoms with Crippen LogP contribution in [0.3, 0.4) is 0 Å². The van der Waals surface area contributed by atoms with E-state index in [1.54, 1.807) is 18.2 Å². The highest BCUT2D eigenvalue weighted by atomic mass is 19.1. The van der Waals surface area contributed by atoms with Gasteiger partial charge in [0.15, 0.2) is 0 Å². The lowest BCUT2D eigenvalue weighted by molar-refractivity contribution is 0.0991. The van der Waals surface area contributed by atoms with Crippen LogP contribution in [0.25, 0.3) is 0 Å². The molecule has 6 heteroatoms. The minimum Gasteiger partial charge on any atom is -0.383 e. The second-order valence-corrected chi connectivity index (χ2v) is 4.12. The van der Waals surface area contributed by atoms with E-state index in [-0.39, 0.29) is 11.3 Å². The molecular weight excluding hydrogens is 264 g/mol. The molecule has 0 saturated heterocycles. The van der Waals surface area contributed by atoms with Gasteiger partial charge in [-0.3, -0.25) is 9.69 Å². The average Bonchev–Trinajstić information content (AvgIpc) is 2.46. The van der Waals surface area contributed by atoms with Crippen LogP contribution in [0.15, 0.2) is 36.5 Å².